The summed E-state index contributed by atoms with van der Waals surface area (Å²) in [7, 11) is -3.84. The molecule has 1 heterocycles. The lowest BCUT2D eigenvalue weighted by molar-refractivity contribution is 0.0661. The Hall–Kier alpha value is -1.38. The van der Waals surface area contributed by atoms with Crippen LogP contribution in [0.15, 0.2) is 15.4 Å². The smallest absolute Gasteiger partial charge is 0.371 e. The summed E-state index contributed by atoms with van der Waals surface area (Å²) in [6.45, 7) is 2.83. The van der Waals surface area contributed by atoms with Crippen LogP contribution in [0.5, 0.6) is 0 Å². The minimum Gasteiger partial charge on any atom is -0.475 e. The summed E-state index contributed by atoms with van der Waals surface area (Å²) in [5.41, 5.74) is 0. The average molecular weight is 277 g/mol. The second-order valence-electron chi connectivity index (χ2n) is 3.87. The lowest BCUT2D eigenvalue weighted by atomic mass is 10.3. The van der Waals surface area contributed by atoms with Gasteiger partial charge in [-0.05, 0) is 20.3 Å². The molecule has 1 unspecified atom stereocenters. The number of aliphatic hydroxyl groups is 1. The van der Waals surface area contributed by atoms with Gasteiger partial charge in [-0.2, -0.15) is 0 Å². The van der Waals surface area contributed by atoms with Crippen LogP contribution in [0.3, 0.4) is 0 Å². The number of carbonyl (C=O) groups is 1. The molecule has 1 aromatic heterocycles. The molecule has 1 rings (SSSR count). The number of carboxylic acid groups (broad SMARTS) is 1. The third-order valence-corrected chi connectivity index (χ3v) is 3.99. The first-order valence-electron chi connectivity index (χ1n) is 5.25. The summed E-state index contributed by atoms with van der Waals surface area (Å²) in [5.74, 6) is -1.75. The van der Waals surface area contributed by atoms with Crippen LogP contribution in [-0.2, 0) is 10.0 Å². The van der Waals surface area contributed by atoms with Gasteiger partial charge in [-0.1, -0.05) is 0 Å². The van der Waals surface area contributed by atoms with Gasteiger partial charge in [0.05, 0.1) is 0 Å². The number of hydrogen-bond donors (Lipinski definition) is 3. The van der Waals surface area contributed by atoms with E-state index in [1.807, 2.05) is 0 Å². The number of furan rings is 1. The lowest BCUT2D eigenvalue weighted by Crippen LogP contribution is -2.33. The third kappa shape index (κ3) is 3.31. The molecule has 1 aromatic rings. The van der Waals surface area contributed by atoms with Gasteiger partial charge in [-0.25, -0.2) is 17.9 Å². The molecule has 0 radical (unpaired) electrons. The minimum absolute atomic E-state index is 0.0103. The van der Waals surface area contributed by atoms with Gasteiger partial charge in [0.2, 0.25) is 15.8 Å². The molecule has 18 heavy (non-hydrogen) atoms. The number of aryl methyl sites for hydroxylation is 1. The standard InChI is InChI=1S/C10H15NO6S/c1-6(3-4-12)11-18(15,16)9-5-8(10(13)14)17-7(9)2/h5-6,11-12H,3-4H2,1-2H3,(H,13,14). The van der Waals surface area contributed by atoms with E-state index in [0.717, 1.165) is 6.07 Å². The van der Waals surface area contributed by atoms with E-state index in [1.165, 1.54) is 6.92 Å². The van der Waals surface area contributed by atoms with Gasteiger partial charge in [0.25, 0.3) is 0 Å². The highest BCUT2D eigenvalue weighted by Gasteiger charge is 2.25. The van der Waals surface area contributed by atoms with E-state index in [4.69, 9.17) is 14.6 Å². The van der Waals surface area contributed by atoms with Crippen LogP contribution >= 0.6 is 0 Å². The van der Waals surface area contributed by atoms with E-state index in [0.29, 0.717) is 0 Å². The van der Waals surface area contributed by atoms with Crippen LogP contribution in [0, 0.1) is 6.92 Å². The summed E-state index contributed by atoms with van der Waals surface area (Å²) >= 11 is 0. The predicted molar refractivity (Wildman–Crippen MR) is 61.9 cm³/mol. The van der Waals surface area contributed by atoms with Crippen LogP contribution in [-0.4, -0.2) is 37.2 Å². The number of hydrogen-bond acceptors (Lipinski definition) is 5. The monoisotopic (exact) mass is 277 g/mol. The summed E-state index contributed by atoms with van der Waals surface area (Å²) < 4.78 is 31.0. The van der Waals surface area contributed by atoms with Crippen LogP contribution in [0.2, 0.25) is 0 Å². The van der Waals surface area contributed by atoms with Crippen LogP contribution in [0.1, 0.15) is 29.7 Å². The highest BCUT2D eigenvalue weighted by atomic mass is 32.2. The fourth-order valence-electron chi connectivity index (χ4n) is 1.42. The van der Waals surface area contributed by atoms with Crippen LogP contribution in [0.25, 0.3) is 0 Å². The average Bonchev–Trinajstić information content (AvgIpc) is 2.60. The molecule has 0 aliphatic heterocycles. The number of aromatic carboxylic acids is 1. The van der Waals surface area contributed by atoms with Crippen molar-refractivity contribution in [3.05, 3.63) is 17.6 Å². The molecule has 0 aliphatic carbocycles. The molecule has 0 saturated heterocycles. The predicted octanol–water partition coefficient (Wildman–Crippen LogP) is 0.335. The van der Waals surface area contributed by atoms with Crippen molar-refractivity contribution in [2.45, 2.75) is 31.2 Å². The zero-order valence-corrected chi connectivity index (χ0v) is 10.8. The first-order chi connectivity index (χ1) is 8.27. The molecule has 0 aromatic carbocycles. The number of sulfonamides is 1. The number of nitrogens with one attached hydrogen (secondary N) is 1. The second-order valence-corrected chi connectivity index (χ2v) is 5.55. The van der Waals surface area contributed by atoms with Gasteiger partial charge in [0.1, 0.15) is 10.7 Å². The zero-order valence-electron chi connectivity index (χ0n) is 10.0. The summed E-state index contributed by atoms with van der Waals surface area (Å²) in [6.07, 6.45) is 0.266. The van der Waals surface area contributed by atoms with Crippen molar-refractivity contribution in [2.24, 2.45) is 0 Å². The van der Waals surface area contributed by atoms with E-state index in [2.05, 4.69) is 4.72 Å². The summed E-state index contributed by atoms with van der Waals surface area (Å²) in [4.78, 5) is 10.5. The van der Waals surface area contributed by atoms with Crippen molar-refractivity contribution in [3.8, 4) is 0 Å². The summed E-state index contributed by atoms with van der Waals surface area (Å²) in [6, 6.07) is 0.508. The minimum atomic E-state index is -3.84. The molecule has 7 nitrogen and oxygen atoms in total. The van der Waals surface area contributed by atoms with Gasteiger partial charge in [0.15, 0.2) is 0 Å². The molecule has 8 heteroatoms. The zero-order chi connectivity index (χ0) is 13.9. The molecule has 102 valence electrons. The lowest BCUT2D eigenvalue weighted by Gasteiger charge is -2.11. The maximum atomic E-state index is 11.9. The largest absolute Gasteiger partial charge is 0.475 e. The second kappa shape index (κ2) is 5.51. The van der Waals surface area contributed by atoms with E-state index >= 15 is 0 Å². The van der Waals surface area contributed by atoms with Crippen molar-refractivity contribution < 1.29 is 27.8 Å². The Bertz CT molecular complexity index is 533. The van der Waals surface area contributed by atoms with Gasteiger partial charge >= 0.3 is 5.97 Å². The molecule has 0 aliphatic rings. The Morgan fingerprint density at radius 1 is 1.56 bits per heavy atom. The molecule has 1 atom stereocenters. The molecule has 0 saturated carbocycles. The van der Waals surface area contributed by atoms with E-state index in [-0.39, 0.29) is 23.7 Å². The first kappa shape index (κ1) is 14.7. The Morgan fingerprint density at radius 2 is 2.17 bits per heavy atom. The molecule has 0 amide bonds. The number of aliphatic hydroxyl groups excluding tert-OH is 1. The number of rotatable bonds is 6. The van der Waals surface area contributed by atoms with Crippen molar-refractivity contribution >= 4 is 16.0 Å². The molecule has 0 spiro atoms. The van der Waals surface area contributed by atoms with Crippen molar-refractivity contribution in [3.63, 3.8) is 0 Å². The normalized spacial score (nSPS) is 13.5. The molecule has 0 bridgehead atoms. The molecular weight excluding hydrogens is 262 g/mol. The highest BCUT2D eigenvalue weighted by molar-refractivity contribution is 7.89. The van der Waals surface area contributed by atoms with E-state index in [1.54, 1.807) is 6.92 Å². The number of carboxylic acids is 1. The first-order valence-corrected chi connectivity index (χ1v) is 6.73. The van der Waals surface area contributed by atoms with E-state index < -0.39 is 27.8 Å². The maximum absolute atomic E-state index is 11.9. The van der Waals surface area contributed by atoms with Gasteiger partial charge < -0.3 is 14.6 Å². The van der Waals surface area contributed by atoms with Crippen LogP contribution in [0.4, 0.5) is 0 Å². The SMILES string of the molecule is Cc1oc(C(=O)O)cc1S(=O)(=O)NC(C)CCO. The summed E-state index contributed by atoms with van der Waals surface area (Å²) in [5, 5.41) is 17.4. The van der Waals surface area contributed by atoms with Gasteiger partial charge in [-0.15, -0.1) is 0 Å². The van der Waals surface area contributed by atoms with Crippen molar-refractivity contribution in [2.75, 3.05) is 6.61 Å². The quantitative estimate of drug-likeness (QED) is 0.690. The van der Waals surface area contributed by atoms with Crippen molar-refractivity contribution in [1.29, 1.82) is 0 Å². The van der Waals surface area contributed by atoms with Crippen molar-refractivity contribution in [1.82, 2.24) is 4.72 Å². The Kier molecular flexibility index (Phi) is 4.49. The fraction of sp³-hybridized carbons (Fsp3) is 0.500. The Morgan fingerprint density at radius 3 is 2.61 bits per heavy atom. The molecular formula is C10H15NO6S. The fourth-order valence-corrected chi connectivity index (χ4v) is 2.88. The molecule has 0 fully saturated rings. The van der Waals surface area contributed by atoms with Gasteiger partial charge in [-0.3, -0.25) is 0 Å². The highest BCUT2D eigenvalue weighted by Crippen LogP contribution is 2.20. The third-order valence-electron chi connectivity index (χ3n) is 2.29. The van der Waals surface area contributed by atoms with Crippen LogP contribution < -0.4 is 4.72 Å². The van der Waals surface area contributed by atoms with Gasteiger partial charge in [0, 0.05) is 18.7 Å². The van der Waals surface area contributed by atoms with E-state index in [9.17, 15) is 13.2 Å². The topological polar surface area (TPSA) is 117 Å². The maximum Gasteiger partial charge on any atom is 0.371 e. The Balaban J connectivity index is 3.01. The molecule has 3 N–H and O–H groups in total. The Labute approximate surface area is 104 Å².